The maximum atomic E-state index is 5.19. The van der Waals surface area contributed by atoms with Crippen LogP contribution in [0.5, 0.6) is 0 Å². The van der Waals surface area contributed by atoms with Gasteiger partial charge in [-0.3, -0.25) is 0 Å². The van der Waals surface area contributed by atoms with Crippen molar-refractivity contribution in [1.29, 1.82) is 0 Å². The van der Waals surface area contributed by atoms with Crippen molar-refractivity contribution in [3.63, 3.8) is 0 Å². The monoisotopic (exact) mass is 233 g/mol. The Balaban J connectivity index is 1.91. The van der Waals surface area contributed by atoms with Crippen LogP contribution >= 0.6 is 0 Å². The Hall–Kier alpha value is -0.860. The highest BCUT2D eigenvalue weighted by Crippen LogP contribution is 2.28. The van der Waals surface area contributed by atoms with Crippen molar-refractivity contribution in [1.82, 2.24) is 5.32 Å². The molecular formula is C15H23NO. The maximum absolute atomic E-state index is 5.19. The van der Waals surface area contributed by atoms with Gasteiger partial charge in [0.15, 0.2) is 0 Å². The van der Waals surface area contributed by atoms with Gasteiger partial charge in [-0.1, -0.05) is 44.2 Å². The summed E-state index contributed by atoms with van der Waals surface area (Å²) in [6.07, 6.45) is 1.15. The zero-order chi connectivity index (χ0) is 12.3. The Bertz CT molecular complexity index is 343. The van der Waals surface area contributed by atoms with Gasteiger partial charge in [0.1, 0.15) is 0 Å². The molecular weight excluding hydrogens is 210 g/mol. The van der Waals surface area contributed by atoms with E-state index in [1.165, 1.54) is 5.56 Å². The first-order valence-electron chi connectivity index (χ1n) is 6.47. The number of benzene rings is 1. The Morgan fingerprint density at radius 1 is 1.29 bits per heavy atom. The normalized spacial score (nSPS) is 18.8. The topological polar surface area (TPSA) is 21.3 Å². The third-order valence-corrected chi connectivity index (χ3v) is 3.53. The van der Waals surface area contributed by atoms with Crippen molar-refractivity contribution in [2.45, 2.75) is 44.7 Å². The zero-order valence-electron chi connectivity index (χ0n) is 11.1. The van der Waals surface area contributed by atoms with Crippen molar-refractivity contribution in [2.24, 2.45) is 0 Å². The summed E-state index contributed by atoms with van der Waals surface area (Å²) in [5.41, 5.74) is 1.64. The summed E-state index contributed by atoms with van der Waals surface area (Å²) < 4.78 is 5.19. The smallest absolute Gasteiger partial charge is 0.0643 e. The van der Waals surface area contributed by atoms with Gasteiger partial charge in [0.2, 0.25) is 0 Å². The number of rotatable bonds is 5. The number of ether oxygens (including phenoxy) is 1. The van der Waals surface area contributed by atoms with Crippen LogP contribution in [0, 0.1) is 0 Å². The fourth-order valence-corrected chi connectivity index (χ4v) is 2.57. The van der Waals surface area contributed by atoms with E-state index in [-0.39, 0.29) is 5.41 Å². The second kappa shape index (κ2) is 5.19. The molecule has 1 aromatic rings. The van der Waals surface area contributed by atoms with Crippen LogP contribution in [-0.2, 0) is 10.2 Å². The van der Waals surface area contributed by atoms with Crippen LogP contribution in [0.3, 0.4) is 0 Å². The molecule has 0 spiro atoms. The van der Waals surface area contributed by atoms with Crippen LogP contribution < -0.4 is 5.32 Å². The highest BCUT2D eigenvalue weighted by atomic mass is 16.5. The lowest BCUT2D eigenvalue weighted by atomic mass is 9.79. The molecule has 1 saturated heterocycles. The molecule has 94 valence electrons. The number of nitrogens with one attached hydrogen (secondary N) is 1. The summed E-state index contributed by atoms with van der Waals surface area (Å²) in [5, 5.41) is 3.62. The third kappa shape index (κ3) is 3.30. The lowest BCUT2D eigenvalue weighted by Gasteiger charge is -2.34. The predicted octanol–water partition coefficient (Wildman–Crippen LogP) is 2.73. The first kappa shape index (κ1) is 12.6. The molecule has 2 nitrogen and oxygen atoms in total. The van der Waals surface area contributed by atoms with Gasteiger partial charge in [-0.15, -0.1) is 0 Å². The summed E-state index contributed by atoms with van der Waals surface area (Å²) >= 11 is 0. The Labute approximate surface area is 104 Å². The zero-order valence-corrected chi connectivity index (χ0v) is 11.1. The molecule has 0 aromatic heterocycles. The molecule has 0 amide bonds. The molecule has 1 aliphatic rings. The molecule has 17 heavy (non-hydrogen) atoms. The summed E-state index contributed by atoms with van der Waals surface area (Å²) in [6.45, 7) is 8.64. The fraction of sp³-hybridized carbons (Fsp3) is 0.600. The van der Waals surface area contributed by atoms with E-state index in [1.54, 1.807) is 0 Å². The van der Waals surface area contributed by atoms with E-state index < -0.39 is 0 Å². The number of hydrogen-bond donors (Lipinski definition) is 1. The van der Waals surface area contributed by atoms with Gasteiger partial charge in [-0.2, -0.15) is 0 Å². The first-order valence-corrected chi connectivity index (χ1v) is 6.47. The van der Waals surface area contributed by atoms with E-state index in [2.05, 4.69) is 56.4 Å². The molecule has 1 N–H and O–H groups in total. The van der Waals surface area contributed by atoms with E-state index in [0.717, 1.165) is 19.6 Å². The minimum Gasteiger partial charge on any atom is -0.378 e. The first-order chi connectivity index (χ1) is 8.08. The van der Waals surface area contributed by atoms with Crippen molar-refractivity contribution < 1.29 is 4.74 Å². The fourth-order valence-electron chi connectivity index (χ4n) is 2.57. The van der Waals surface area contributed by atoms with Crippen molar-refractivity contribution in [3.8, 4) is 0 Å². The minimum atomic E-state index is 0.221. The molecule has 1 unspecified atom stereocenters. The van der Waals surface area contributed by atoms with Gasteiger partial charge >= 0.3 is 0 Å². The molecule has 0 saturated carbocycles. The number of hydrogen-bond acceptors (Lipinski definition) is 2. The van der Waals surface area contributed by atoms with Crippen LogP contribution in [0.25, 0.3) is 0 Å². The highest BCUT2D eigenvalue weighted by molar-refractivity contribution is 5.23. The second-order valence-electron chi connectivity index (χ2n) is 5.76. The van der Waals surface area contributed by atoms with Gasteiger partial charge in [0, 0.05) is 6.04 Å². The average Bonchev–Trinajstić information content (AvgIpc) is 2.24. The van der Waals surface area contributed by atoms with E-state index in [1.807, 2.05) is 0 Å². The van der Waals surface area contributed by atoms with Gasteiger partial charge in [-0.05, 0) is 24.3 Å². The molecule has 2 heteroatoms. The highest BCUT2D eigenvalue weighted by Gasteiger charge is 2.26. The SMILES string of the molecule is CC(CC(C)(C)c1ccccc1)NC1COC1. The molecule has 0 radical (unpaired) electrons. The van der Waals surface area contributed by atoms with Crippen molar-refractivity contribution >= 4 is 0 Å². The molecule has 1 aliphatic heterocycles. The second-order valence-corrected chi connectivity index (χ2v) is 5.76. The van der Waals surface area contributed by atoms with Gasteiger partial charge in [0.05, 0.1) is 19.3 Å². The molecule has 0 bridgehead atoms. The Morgan fingerprint density at radius 3 is 2.47 bits per heavy atom. The van der Waals surface area contributed by atoms with Crippen LogP contribution in [0.4, 0.5) is 0 Å². The van der Waals surface area contributed by atoms with Crippen LogP contribution in [0.15, 0.2) is 30.3 Å². The van der Waals surface area contributed by atoms with Crippen molar-refractivity contribution in [2.75, 3.05) is 13.2 Å². The summed E-state index contributed by atoms with van der Waals surface area (Å²) in [7, 11) is 0. The molecule has 2 rings (SSSR count). The maximum Gasteiger partial charge on any atom is 0.0643 e. The lowest BCUT2D eigenvalue weighted by Crippen LogP contribution is -2.50. The van der Waals surface area contributed by atoms with Crippen LogP contribution in [0.2, 0.25) is 0 Å². The Morgan fingerprint density at radius 2 is 1.94 bits per heavy atom. The predicted molar refractivity (Wildman–Crippen MR) is 71.3 cm³/mol. The average molecular weight is 233 g/mol. The Kier molecular flexibility index (Phi) is 3.85. The molecule has 1 heterocycles. The molecule has 1 aromatic carbocycles. The van der Waals surface area contributed by atoms with E-state index >= 15 is 0 Å². The summed E-state index contributed by atoms with van der Waals surface area (Å²) in [4.78, 5) is 0. The standard InChI is InChI=1S/C15H23NO/c1-12(16-14-10-17-11-14)9-15(2,3)13-7-5-4-6-8-13/h4-8,12,14,16H,9-11H2,1-3H3. The quantitative estimate of drug-likeness (QED) is 0.844. The van der Waals surface area contributed by atoms with Crippen molar-refractivity contribution in [3.05, 3.63) is 35.9 Å². The molecule has 1 atom stereocenters. The summed E-state index contributed by atoms with van der Waals surface area (Å²) in [5.74, 6) is 0. The van der Waals surface area contributed by atoms with Gasteiger partial charge < -0.3 is 10.1 Å². The van der Waals surface area contributed by atoms with E-state index in [9.17, 15) is 0 Å². The largest absolute Gasteiger partial charge is 0.378 e. The lowest BCUT2D eigenvalue weighted by molar-refractivity contribution is -0.0103. The van der Waals surface area contributed by atoms with Crippen LogP contribution in [0.1, 0.15) is 32.8 Å². The molecule has 0 aliphatic carbocycles. The van der Waals surface area contributed by atoms with Crippen LogP contribution in [-0.4, -0.2) is 25.3 Å². The van der Waals surface area contributed by atoms with E-state index in [0.29, 0.717) is 12.1 Å². The van der Waals surface area contributed by atoms with Gasteiger partial charge in [-0.25, -0.2) is 0 Å². The third-order valence-electron chi connectivity index (χ3n) is 3.53. The van der Waals surface area contributed by atoms with Gasteiger partial charge in [0.25, 0.3) is 0 Å². The summed E-state index contributed by atoms with van der Waals surface area (Å²) in [6, 6.07) is 11.9. The van der Waals surface area contributed by atoms with E-state index in [4.69, 9.17) is 4.74 Å². The minimum absolute atomic E-state index is 0.221. The molecule has 1 fully saturated rings.